The molecule has 9 heteroatoms. The molecule has 26 heavy (non-hydrogen) atoms. The molecule has 1 saturated heterocycles. The van der Waals surface area contributed by atoms with E-state index in [2.05, 4.69) is 10.3 Å². The van der Waals surface area contributed by atoms with Crippen LogP contribution in [0, 0.1) is 0 Å². The Hall–Kier alpha value is -1.87. The van der Waals surface area contributed by atoms with Crippen LogP contribution in [0.4, 0.5) is 0 Å². The van der Waals surface area contributed by atoms with Crippen molar-refractivity contribution in [3.05, 3.63) is 34.6 Å². The van der Waals surface area contributed by atoms with Crippen molar-refractivity contribution in [3.63, 3.8) is 0 Å². The van der Waals surface area contributed by atoms with E-state index in [1.165, 1.54) is 11.8 Å². The zero-order valence-corrected chi connectivity index (χ0v) is 16.3. The predicted molar refractivity (Wildman–Crippen MR) is 102 cm³/mol. The van der Waals surface area contributed by atoms with Crippen LogP contribution in [0.15, 0.2) is 34.2 Å². The van der Waals surface area contributed by atoms with Crippen molar-refractivity contribution in [3.8, 4) is 0 Å². The van der Waals surface area contributed by atoms with Crippen LogP contribution in [0.1, 0.15) is 20.3 Å². The fraction of sp³-hybridized carbons (Fsp3) is 0.471. The first-order valence-electron chi connectivity index (χ1n) is 8.37. The van der Waals surface area contributed by atoms with Crippen molar-refractivity contribution in [2.24, 2.45) is 0 Å². The summed E-state index contributed by atoms with van der Waals surface area (Å²) < 4.78 is 24.8. The van der Waals surface area contributed by atoms with E-state index in [1.54, 1.807) is 29.7 Å². The Morgan fingerprint density at radius 2 is 2.12 bits per heavy atom. The monoisotopic (exact) mass is 395 g/mol. The third-order valence-corrected chi connectivity index (χ3v) is 7.30. The molecule has 0 bridgehead atoms. The molecule has 1 fully saturated rings. The lowest BCUT2D eigenvalue weighted by molar-refractivity contribution is -0.120. The number of amides is 1. The van der Waals surface area contributed by atoms with E-state index < -0.39 is 15.4 Å². The van der Waals surface area contributed by atoms with Crippen LogP contribution in [0.5, 0.6) is 0 Å². The Bertz CT molecular complexity index is 1020. The molecule has 1 aliphatic heterocycles. The molecule has 0 aliphatic carbocycles. The second-order valence-corrected chi connectivity index (χ2v) is 9.83. The van der Waals surface area contributed by atoms with E-state index in [1.807, 2.05) is 13.0 Å². The number of hydrogen-bond donors (Lipinski definition) is 1. The number of hydrogen-bond acceptors (Lipinski definition) is 6. The summed E-state index contributed by atoms with van der Waals surface area (Å²) in [5.41, 5.74) is -0.258. The zero-order valence-electron chi connectivity index (χ0n) is 14.7. The van der Waals surface area contributed by atoms with Crippen LogP contribution in [-0.4, -0.2) is 46.7 Å². The Labute approximate surface area is 156 Å². The van der Waals surface area contributed by atoms with Gasteiger partial charge in [-0.05, 0) is 32.4 Å². The average molecular weight is 396 g/mol. The van der Waals surface area contributed by atoms with Gasteiger partial charge in [0.15, 0.2) is 15.0 Å². The maximum absolute atomic E-state index is 12.6. The summed E-state index contributed by atoms with van der Waals surface area (Å²) in [6, 6.07) is 7.11. The topological polar surface area (TPSA) is 98.1 Å². The number of carbonyl (C=O) groups is 1. The number of aromatic nitrogens is 2. The van der Waals surface area contributed by atoms with Gasteiger partial charge in [0.25, 0.3) is 5.56 Å². The molecular formula is C17H21N3O4S2. The lowest BCUT2D eigenvalue weighted by Crippen LogP contribution is -2.47. The maximum Gasteiger partial charge on any atom is 0.262 e. The Morgan fingerprint density at radius 3 is 2.77 bits per heavy atom. The summed E-state index contributed by atoms with van der Waals surface area (Å²) in [5.74, 6) is -0.136. The summed E-state index contributed by atoms with van der Waals surface area (Å²) in [6.07, 6.45) is 0.416. The minimum Gasteiger partial charge on any atom is -0.349 e. The molecular weight excluding hydrogens is 374 g/mol. The summed E-state index contributed by atoms with van der Waals surface area (Å²) >= 11 is 1.18. The average Bonchev–Trinajstić information content (AvgIpc) is 2.86. The number of rotatable bonds is 5. The number of fused-ring (bicyclic) bond motifs is 1. The lowest BCUT2D eigenvalue weighted by Gasteiger charge is -2.23. The number of para-hydroxylation sites is 1. The highest BCUT2D eigenvalue weighted by atomic mass is 32.2. The van der Waals surface area contributed by atoms with Crippen LogP contribution in [0.3, 0.4) is 0 Å². The molecule has 2 aromatic rings. The number of nitrogens with zero attached hydrogens (tertiary/aromatic N) is 2. The van der Waals surface area contributed by atoms with Gasteiger partial charge in [-0.3, -0.25) is 14.2 Å². The van der Waals surface area contributed by atoms with Gasteiger partial charge in [0.05, 0.1) is 33.7 Å². The zero-order chi connectivity index (χ0) is 18.9. The van der Waals surface area contributed by atoms with E-state index in [9.17, 15) is 18.0 Å². The van der Waals surface area contributed by atoms with Crippen molar-refractivity contribution in [2.75, 3.05) is 17.3 Å². The van der Waals surface area contributed by atoms with E-state index >= 15 is 0 Å². The van der Waals surface area contributed by atoms with Gasteiger partial charge in [-0.15, -0.1) is 0 Å². The van der Waals surface area contributed by atoms with Crippen molar-refractivity contribution >= 4 is 38.4 Å². The van der Waals surface area contributed by atoms with Crippen molar-refractivity contribution in [1.82, 2.24) is 14.9 Å². The SMILES string of the molecule is CCn1c(SCC(=O)N[C@@]2(C)CCS(=O)(=O)C2)nc2ccccc2c1=O. The molecule has 0 radical (unpaired) electrons. The fourth-order valence-electron chi connectivity index (χ4n) is 3.15. The van der Waals surface area contributed by atoms with E-state index in [4.69, 9.17) is 0 Å². The van der Waals surface area contributed by atoms with E-state index in [-0.39, 0.29) is 28.7 Å². The molecule has 7 nitrogen and oxygen atoms in total. The standard InChI is InChI=1S/C17H21N3O4S2/c1-3-20-15(22)12-6-4-5-7-13(12)18-16(20)25-10-14(21)19-17(2)8-9-26(23,24)11-17/h4-7H,3,8-11H2,1-2H3,(H,19,21)/t17-/m0/s1. The molecule has 1 aromatic carbocycles. The van der Waals surface area contributed by atoms with Crippen molar-refractivity contribution < 1.29 is 13.2 Å². The van der Waals surface area contributed by atoms with E-state index in [0.29, 0.717) is 29.0 Å². The van der Waals surface area contributed by atoms with Gasteiger partial charge < -0.3 is 5.32 Å². The highest BCUT2D eigenvalue weighted by molar-refractivity contribution is 7.99. The smallest absolute Gasteiger partial charge is 0.262 e. The number of thioether (sulfide) groups is 1. The fourth-order valence-corrected chi connectivity index (χ4v) is 6.10. The second kappa shape index (κ2) is 7.03. The molecule has 1 aromatic heterocycles. The quantitative estimate of drug-likeness (QED) is 0.603. The first kappa shape index (κ1) is 18.9. The van der Waals surface area contributed by atoms with Crippen LogP contribution in [0.25, 0.3) is 10.9 Å². The molecule has 0 unspecified atom stereocenters. The van der Waals surface area contributed by atoms with Crippen LogP contribution in [-0.2, 0) is 21.2 Å². The normalized spacial score (nSPS) is 21.8. The van der Waals surface area contributed by atoms with Gasteiger partial charge in [-0.2, -0.15) is 0 Å². The summed E-state index contributed by atoms with van der Waals surface area (Å²) in [6.45, 7) is 4.05. The first-order chi connectivity index (χ1) is 12.2. The Balaban J connectivity index is 1.75. The van der Waals surface area contributed by atoms with Gasteiger partial charge in [-0.25, -0.2) is 13.4 Å². The third-order valence-electron chi connectivity index (χ3n) is 4.42. The van der Waals surface area contributed by atoms with Gasteiger partial charge in [-0.1, -0.05) is 23.9 Å². The maximum atomic E-state index is 12.6. The molecule has 1 aliphatic rings. The molecule has 140 valence electrons. The van der Waals surface area contributed by atoms with Crippen molar-refractivity contribution in [2.45, 2.75) is 37.5 Å². The Kier molecular flexibility index (Phi) is 5.12. The predicted octanol–water partition coefficient (Wildman–Crippen LogP) is 1.20. The minimum absolute atomic E-state index is 0.0374. The first-order valence-corrected chi connectivity index (χ1v) is 11.2. The number of sulfone groups is 1. The summed E-state index contributed by atoms with van der Waals surface area (Å²) in [5, 5.41) is 3.85. The third kappa shape index (κ3) is 3.93. The van der Waals surface area contributed by atoms with Gasteiger partial charge >= 0.3 is 0 Å². The number of carbonyl (C=O) groups excluding carboxylic acids is 1. The largest absolute Gasteiger partial charge is 0.349 e. The highest BCUT2D eigenvalue weighted by Gasteiger charge is 2.39. The molecule has 1 atom stereocenters. The van der Waals surface area contributed by atoms with E-state index in [0.717, 1.165) is 0 Å². The number of nitrogens with one attached hydrogen (secondary N) is 1. The molecule has 0 saturated carbocycles. The summed E-state index contributed by atoms with van der Waals surface area (Å²) in [4.78, 5) is 29.4. The number of benzene rings is 1. The van der Waals surface area contributed by atoms with Gasteiger partial charge in [0.1, 0.15) is 0 Å². The van der Waals surface area contributed by atoms with Crippen LogP contribution < -0.4 is 10.9 Å². The highest BCUT2D eigenvalue weighted by Crippen LogP contribution is 2.23. The molecule has 3 rings (SSSR count). The minimum atomic E-state index is -3.09. The van der Waals surface area contributed by atoms with Gasteiger partial charge in [0, 0.05) is 6.54 Å². The molecule has 0 spiro atoms. The molecule has 1 N–H and O–H groups in total. The summed E-state index contributed by atoms with van der Waals surface area (Å²) in [7, 11) is -3.09. The van der Waals surface area contributed by atoms with Gasteiger partial charge in [0.2, 0.25) is 5.91 Å². The molecule has 2 heterocycles. The molecule has 1 amide bonds. The lowest BCUT2D eigenvalue weighted by atomic mass is 10.0. The van der Waals surface area contributed by atoms with Crippen molar-refractivity contribution in [1.29, 1.82) is 0 Å². The van der Waals surface area contributed by atoms with Crippen LogP contribution >= 0.6 is 11.8 Å². The second-order valence-electron chi connectivity index (χ2n) is 6.70. The van der Waals surface area contributed by atoms with Crippen LogP contribution in [0.2, 0.25) is 0 Å². The Morgan fingerprint density at radius 1 is 1.38 bits per heavy atom.